The largest absolute Gasteiger partial charge is 0.493 e. The van der Waals surface area contributed by atoms with Gasteiger partial charge in [0.25, 0.3) is 11.8 Å². The summed E-state index contributed by atoms with van der Waals surface area (Å²) < 4.78 is 11.7. The number of fused-ring (bicyclic) bond motifs is 5. The number of esters is 1. The molecule has 0 aromatic heterocycles. The zero-order valence-corrected chi connectivity index (χ0v) is 18.7. The highest BCUT2D eigenvalue weighted by Crippen LogP contribution is 2.52. The van der Waals surface area contributed by atoms with Crippen molar-refractivity contribution in [3.63, 3.8) is 0 Å². The van der Waals surface area contributed by atoms with Crippen molar-refractivity contribution in [2.24, 2.45) is 28.8 Å². The first-order valence-corrected chi connectivity index (χ1v) is 11.0. The van der Waals surface area contributed by atoms with Gasteiger partial charge in [-0.2, -0.15) is 10.1 Å². The number of methoxy groups -OCH3 is 1. The molecule has 162 valence electrons. The monoisotopic (exact) mass is 494 g/mol. The van der Waals surface area contributed by atoms with Crippen LogP contribution in [0.4, 0.5) is 0 Å². The fraction of sp³-hybridized carbons (Fsp3) is 0.250. The number of carbonyl (C=O) groups is 3. The fourth-order valence-corrected chi connectivity index (χ4v) is 4.98. The molecular formula is C24H19BrN2O5. The number of hydrogen-bond donors (Lipinski definition) is 0. The first kappa shape index (κ1) is 20.6. The van der Waals surface area contributed by atoms with E-state index in [0.717, 1.165) is 15.9 Å². The molecule has 1 saturated carbocycles. The van der Waals surface area contributed by atoms with E-state index in [1.807, 2.05) is 12.2 Å². The molecule has 0 radical (unpaired) electrons. The maximum atomic E-state index is 12.7. The molecular weight excluding hydrogens is 476 g/mol. The van der Waals surface area contributed by atoms with E-state index in [1.165, 1.54) is 13.3 Å². The molecule has 0 unspecified atom stereocenters. The number of halogens is 1. The van der Waals surface area contributed by atoms with Crippen molar-refractivity contribution < 1.29 is 23.9 Å². The van der Waals surface area contributed by atoms with Crippen LogP contribution in [-0.4, -0.2) is 36.1 Å². The summed E-state index contributed by atoms with van der Waals surface area (Å²) in [5, 5.41) is 5.17. The van der Waals surface area contributed by atoms with Crippen molar-refractivity contribution in [1.82, 2.24) is 5.01 Å². The van der Waals surface area contributed by atoms with Crippen LogP contribution in [0.25, 0.3) is 0 Å². The van der Waals surface area contributed by atoms with Crippen LogP contribution >= 0.6 is 15.9 Å². The Hall–Kier alpha value is -3.26. The lowest BCUT2D eigenvalue weighted by Gasteiger charge is -2.13. The summed E-state index contributed by atoms with van der Waals surface area (Å²) in [5.41, 5.74) is 1.00. The fourth-order valence-electron chi connectivity index (χ4n) is 4.72. The average molecular weight is 495 g/mol. The zero-order valence-electron chi connectivity index (χ0n) is 17.1. The summed E-state index contributed by atoms with van der Waals surface area (Å²) in [5.74, 6) is -0.696. The second-order valence-electron chi connectivity index (χ2n) is 8.04. The topological polar surface area (TPSA) is 85.3 Å². The van der Waals surface area contributed by atoms with E-state index in [4.69, 9.17) is 9.47 Å². The molecule has 7 nitrogen and oxygen atoms in total. The smallest absolute Gasteiger partial charge is 0.343 e. The number of amides is 2. The van der Waals surface area contributed by atoms with Crippen LogP contribution in [0.1, 0.15) is 22.3 Å². The molecule has 2 fully saturated rings. The molecule has 1 saturated heterocycles. The maximum Gasteiger partial charge on any atom is 0.343 e. The standard InChI is InChI=1S/C24H19BrN2O5/c1-31-19-10-13(2-9-18(19)32-24(30)14-5-7-17(25)8-6-14)12-26-27-22(28)20-15-3-4-16(11-15)21(20)23(27)29/h2-10,12,15-16,20-21H,11H2,1H3/t15-,16-,20-,21+/m0/s1. The van der Waals surface area contributed by atoms with Crippen LogP contribution < -0.4 is 9.47 Å². The molecule has 2 bridgehead atoms. The Morgan fingerprint density at radius 1 is 1.03 bits per heavy atom. The van der Waals surface area contributed by atoms with Gasteiger partial charge < -0.3 is 9.47 Å². The van der Waals surface area contributed by atoms with E-state index in [-0.39, 0.29) is 41.2 Å². The number of imide groups is 1. The van der Waals surface area contributed by atoms with Crippen molar-refractivity contribution in [1.29, 1.82) is 0 Å². The van der Waals surface area contributed by atoms with E-state index >= 15 is 0 Å². The number of hydrogen-bond acceptors (Lipinski definition) is 6. The summed E-state index contributed by atoms with van der Waals surface area (Å²) in [6, 6.07) is 11.7. The van der Waals surface area contributed by atoms with Crippen molar-refractivity contribution >= 4 is 39.9 Å². The van der Waals surface area contributed by atoms with Crippen LogP contribution in [-0.2, 0) is 9.59 Å². The lowest BCUT2D eigenvalue weighted by molar-refractivity contribution is -0.140. The normalized spacial score (nSPS) is 25.6. The molecule has 5 rings (SSSR count). The molecule has 4 atom stereocenters. The van der Waals surface area contributed by atoms with Gasteiger partial charge in [-0.25, -0.2) is 4.79 Å². The van der Waals surface area contributed by atoms with E-state index in [2.05, 4.69) is 21.0 Å². The van der Waals surface area contributed by atoms with Gasteiger partial charge in [-0.1, -0.05) is 28.1 Å². The first-order valence-electron chi connectivity index (χ1n) is 10.2. The Kier molecular flexibility index (Phi) is 5.17. The number of allylic oxidation sites excluding steroid dienone is 2. The number of hydrazone groups is 1. The van der Waals surface area contributed by atoms with Crippen molar-refractivity contribution in [3.05, 3.63) is 70.2 Å². The highest BCUT2D eigenvalue weighted by Gasteiger charge is 2.59. The molecule has 1 aliphatic heterocycles. The van der Waals surface area contributed by atoms with Gasteiger partial charge in [0.05, 0.1) is 30.7 Å². The van der Waals surface area contributed by atoms with E-state index in [9.17, 15) is 14.4 Å². The van der Waals surface area contributed by atoms with Gasteiger partial charge in [-0.05, 0) is 66.3 Å². The lowest BCUT2D eigenvalue weighted by Crippen LogP contribution is -2.28. The minimum Gasteiger partial charge on any atom is -0.493 e. The number of rotatable bonds is 5. The van der Waals surface area contributed by atoms with E-state index in [1.54, 1.807) is 42.5 Å². The van der Waals surface area contributed by atoms with Crippen molar-refractivity contribution in [2.45, 2.75) is 6.42 Å². The summed E-state index contributed by atoms with van der Waals surface area (Å²) in [7, 11) is 1.46. The highest BCUT2D eigenvalue weighted by molar-refractivity contribution is 9.10. The summed E-state index contributed by atoms with van der Waals surface area (Å²) >= 11 is 3.33. The highest BCUT2D eigenvalue weighted by atomic mass is 79.9. The van der Waals surface area contributed by atoms with Gasteiger partial charge in [0, 0.05) is 4.47 Å². The Labute approximate surface area is 192 Å². The second kappa shape index (κ2) is 8.02. The molecule has 1 heterocycles. The first-order chi connectivity index (χ1) is 15.5. The Balaban J connectivity index is 1.31. The predicted molar refractivity (Wildman–Crippen MR) is 119 cm³/mol. The minimum absolute atomic E-state index is 0.140. The zero-order chi connectivity index (χ0) is 22.4. The molecule has 2 aromatic rings. The van der Waals surface area contributed by atoms with Crippen LogP contribution in [0.2, 0.25) is 0 Å². The molecule has 0 N–H and O–H groups in total. The van der Waals surface area contributed by atoms with Gasteiger partial charge in [0.15, 0.2) is 11.5 Å². The van der Waals surface area contributed by atoms with Gasteiger partial charge in [-0.15, -0.1) is 0 Å². The third-order valence-electron chi connectivity index (χ3n) is 6.24. The van der Waals surface area contributed by atoms with Crippen LogP contribution in [0.5, 0.6) is 11.5 Å². The number of carbonyl (C=O) groups excluding carboxylic acids is 3. The third kappa shape index (κ3) is 3.44. The SMILES string of the molecule is COc1cc(C=NN2C(=O)[C@@H]3[C@H](C2=O)[C@H]2C=C[C@H]3C2)ccc1OC(=O)c1ccc(Br)cc1. The van der Waals surface area contributed by atoms with E-state index < -0.39 is 5.97 Å². The van der Waals surface area contributed by atoms with E-state index in [0.29, 0.717) is 16.9 Å². The average Bonchev–Trinajstić information content (AvgIpc) is 3.48. The quantitative estimate of drug-likeness (QED) is 0.207. The van der Waals surface area contributed by atoms with Gasteiger partial charge in [0.2, 0.25) is 0 Å². The summed E-state index contributed by atoms with van der Waals surface area (Å²) in [6.45, 7) is 0. The number of nitrogens with zero attached hydrogens (tertiary/aromatic N) is 2. The van der Waals surface area contributed by atoms with Crippen molar-refractivity contribution in [3.8, 4) is 11.5 Å². The number of benzene rings is 2. The lowest BCUT2D eigenvalue weighted by atomic mass is 9.85. The maximum absolute atomic E-state index is 12.7. The Bertz CT molecular complexity index is 1140. The molecule has 8 heteroatoms. The molecule has 2 aromatic carbocycles. The molecule has 3 aliphatic rings. The van der Waals surface area contributed by atoms with Gasteiger partial charge in [-0.3, -0.25) is 9.59 Å². The summed E-state index contributed by atoms with van der Waals surface area (Å²) in [6.07, 6.45) is 6.41. The van der Waals surface area contributed by atoms with Gasteiger partial charge >= 0.3 is 5.97 Å². The Morgan fingerprint density at radius 3 is 2.31 bits per heavy atom. The summed E-state index contributed by atoms with van der Waals surface area (Å²) in [4.78, 5) is 37.9. The van der Waals surface area contributed by atoms with Crippen LogP contribution in [0.15, 0.2) is 64.2 Å². The van der Waals surface area contributed by atoms with Crippen LogP contribution in [0, 0.1) is 23.7 Å². The van der Waals surface area contributed by atoms with Crippen LogP contribution in [0.3, 0.4) is 0 Å². The predicted octanol–water partition coefficient (Wildman–Crippen LogP) is 3.82. The molecule has 2 amide bonds. The molecule has 32 heavy (non-hydrogen) atoms. The molecule has 2 aliphatic carbocycles. The number of ether oxygens (including phenoxy) is 2. The minimum atomic E-state index is -0.514. The van der Waals surface area contributed by atoms with Gasteiger partial charge in [0.1, 0.15) is 0 Å². The molecule has 0 spiro atoms. The van der Waals surface area contributed by atoms with Crippen molar-refractivity contribution in [2.75, 3.05) is 7.11 Å². The Morgan fingerprint density at radius 2 is 1.69 bits per heavy atom. The second-order valence-corrected chi connectivity index (χ2v) is 8.96. The third-order valence-corrected chi connectivity index (χ3v) is 6.77.